The minimum Gasteiger partial charge on any atom is -0.491 e. The molecule has 0 saturated heterocycles. The van der Waals surface area contributed by atoms with E-state index in [0.717, 1.165) is 13.0 Å². The number of benzene rings is 1. The van der Waals surface area contributed by atoms with Gasteiger partial charge >= 0.3 is 0 Å². The van der Waals surface area contributed by atoms with E-state index in [1.54, 1.807) is 12.1 Å². The third kappa shape index (κ3) is 16.6. The predicted molar refractivity (Wildman–Crippen MR) is 117 cm³/mol. The number of non-ortho nitro benzene ring substituents is 1. The Morgan fingerprint density at radius 1 is 0.645 bits per heavy atom. The fourth-order valence-corrected chi connectivity index (χ4v) is 2.50. The van der Waals surface area contributed by atoms with Gasteiger partial charge in [-0.05, 0) is 18.6 Å². The molecular weight excluding hydrogens is 406 g/mol. The number of ether oxygens (including phenoxy) is 6. The van der Waals surface area contributed by atoms with E-state index >= 15 is 0 Å². The average Bonchev–Trinajstić information content (AvgIpc) is 2.78. The van der Waals surface area contributed by atoms with E-state index in [0.29, 0.717) is 71.8 Å². The van der Waals surface area contributed by atoms with Crippen molar-refractivity contribution >= 4 is 5.69 Å². The van der Waals surface area contributed by atoms with Crippen LogP contribution in [-0.4, -0.2) is 77.6 Å². The van der Waals surface area contributed by atoms with E-state index < -0.39 is 4.92 Å². The molecule has 0 atom stereocenters. The van der Waals surface area contributed by atoms with Gasteiger partial charge in [0.2, 0.25) is 0 Å². The van der Waals surface area contributed by atoms with Crippen LogP contribution in [0.1, 0.15) is 32.6 Å². The van der Waals surface area contributed by atoms with Gasteiger partial charge in [-0.1, -0.05) is 26.2 Å². The second-order valence-corrected chi connectivity index (χ2v) is 6.72. The van der Waals surface area contributed by atoms with Gasteiger partial charge in [0.05, 0.1) is 64.4 Å². The van der Waals surface area contributed by atoms with Crippen LogP contribution in [0.3, 0.4) is 0 Å². The first kappa shape index (κ1) is 27.3. The molecule has 0 unspecified atom stereocenters. The van der Waals surface area contributed by atoms with Gasteiger partial charge in [-0.2, -0.15) is 0 Å². The van der Waals surface area contributed by atoms with E-state index in [9.17, 15) is 10.1 Å². The van der Waals surface area contributed by atoms with Crippen LogP contribution in [0, 0.1) is 10.1 Å². The van der Waals surface area contributed by atoms with Crippen LogP contribution in [0.5, 0.6) is 5.75 Å². The van der Waals surface area contributed by atoms with Gasteiger partial charge in [-0.15, -0.1) is 0 Å². The number of nitrogens with zero attached hydrogens (tertiary/aromatic N) is 1. The van der Waals surface area contributed by atoms with Crippen LogP contribution < -0.4 is 4.74 Å². The summed E-state index contributed by atoms with van der Waals surface area (Å²) in [6, 6.07) is 5.94. The molecule has 0 heterocycles. The Kier molecular flexibility index (Phi) is 17.7. The minimum atomic E-state index is -0.445. The molecule has 1 aromatic carbocycles. The number of nitro benzene ring substituents is 1. The van der Waals surface area contributed by atoms with Gasteiger partial charge in [0.15, 0.2) is 0 Å². The zero-order chi connectivity index (χ0) is 22.4. The molecule has 9 nitrogen and oxygen atoms in total. The standard InChI is InChI=1S/C22H37NO8/c1-2-3-4-5-10-26-11-12-27-13-14-28-15-16-29-17-18-30-19-20-31-22-8-6-21(7-9-22)23(24)25/h6-9H,2-5,10-20H2,1H3. The molecular formula is C22H37NO8. The molecule has 0 amide bonds. The Labute approximate surface area is 185 Å². The lowest BCUT2D eigenvalue weighted by Gasteiger charge is -2.08. The van der Waals surface area contributed by atoms with E-state index in [4.69, 9.17) is 28.4 Å². The third-order valence-corrected chi connectivity index (χ3v) is 4.17. The molecule has 0 N–H and O–H groups in total. The fraction of sp³-hybridized carbons (Fsp3) is 0.727. The summed E-state index contributed by atoms with van der Waals surface area (Å²) in [5.41, 5.74) is 0.0374. The summed E-state index contributed by atoms with van der Waals surface area (Å²) < 4.78 is 32.6. The SMILES string of the molecule is CCCCCCOCCOCCOCCOCCOCCOc1ccc([N+](=O)[O-])cc1. The van der Waals surface area contributed by atoms with Gasteiger partial charge in [0, 0.05) is 18.7 Å². The molecule has 1 rings (SSSR count). The van der Waals surface area contributed by atoms with Crippen molar-refractivity contribution in [2.45, 2.75) is 32.6 Å². The summed E-state index contributed by atoms with van der Waals surface area (Å²) in [5.74, 6) is 0.571. The number of nitro groups is 1. The molecule has 0 aromatic heterocycles. The van der Waals surface area contributed by atoms with E-state index in [1.807, 2.05) is 0 Å². The van der Waals surface area contributed by atoms with Crippen molar-refractivity contribution in [2.24, 2.45) is 0 Å². The van der Waals surface area contributed by atoms with Crippen molar-refractivity contribution < 1.29 is 33.3 Å². The lowest BCUT2D eigenvalue weighted by atomic mass is 10.2. The molecule has 178 valence electrons. The molecule has 31 heavy (non-hydrogen) atoms. The zero-order valence-electron chi connectivity index (χ0n) is 18.6. The van der Waals surface area contributed by atoms with Crippen molar-refractivity contribution in [3.63, 3.8) is 0 Å². The third-order valence-electron chi connectivity index (χ3n) is 4.17. The maximum Gasteiger partial charge on any atom is 0.269 e. The van der Waals surface area contributed by atoms with E-state index in [-0.39, 0.29) is 5.69 Å². The highest BCUT2D eigenvalue weighted by Crippen LogP contribution is 2.17. The smallest absolute Gasteiger partial charge is 0.269 e. The molecule has 0 aliphatic carbocycles. The largest absolute Gasteiger partial charge is 0.491 e. The van der Waals surface area contributed by atoms with Crippen molar-refractivity contribution in [3.8, 4) is 5.75 Å². The Hall–Kier alpha value is -1.78. The Bertz CT molecular complexity index is 541. The summed E-state index contributed by atoms with van der Waals surface area (Å²) in [5, 5.41) is 10.6. The molecule has 0 radical (unpaired) electrons. The first-order chi connectivity index (χ1) is 15.2. The summed E-state index contributed by atoms with van der Waals surface area (Å²) in [7, 11) is 0. The number of unbranched alkanes of at least 4 members (excludes halogenated alkanes) is 3. The second kappa shape index (κ2) is 20.1. The van der Waals surface area contributed by atoms with Gasteiger partial charge in [0.25, 0.3) is 5.69 Å². The molecule has 0 spiro atoms. The lowest BCUT2D eigenvalue weighted by molar-refractivity contribution is -0.384. The van der Waals surface area contributed by atoms with Gasteiger partial charge in [0.1, 0.15) is 12.4 Å². The number of hydrogen-bond donors (Lipinski definition) is 0. The van der Waals surface area contributed by atoms with Crippen molar-refractivity contribution in [1.29, 1.82) is 0 Å². The number of rotatable bonds is 22. The van der Waals surface area contributed by atoms with E-state index in [1.165, 1.54) is 31.4 Å². The molecule has 0 bridgehead atoms. The van der Waals surface area contributed by atoms with Crippen LogP contribution in [0.15, 0.2) is 24.3 Å². The molecule has 9 heteroatoms. The zero-order valence-corrected chi connectivity index (χ0v) is 18.6. The molecule has 0 fully saturated rings. The Morgan fingerprint density at radius 2 is 1.10 bits per heavy atom. The maximum atomic E-state index is 10.6. The highest BCUT2D eigenvalue weighted by Gasteiger charge is 2.04. The van der Waals surface area contributed by atoms with Crippen LogP contribution in [0.2, 0.25) is 0 Å². The average molecular weight is 444 g/mol. The summed E-state index contributed by atoms with van der Waals surface area (Å²) in [6.07, 6.45) is 4.87. The van der Waals surface area contributed by atoms with Gasteiger partial charge in [-0.25, -0.2) is 0 Å². The van der Waals surface area contributed by atoms with Crippen LogP contribution in [-0.2, 0) is 23.7 Å². The van der Waals surface area contributed by atoms with Crippen LogP contribution >= 0.6 is 0 Å². The quantitative estimate of drug-likeness (QED) is 0.152. The topological polar surface area (TPSA) is 98.5 Å². The molecule has 0 aliphatic rings. The molecule has 0 aliphatic heterocycles. The normalized spacial score (nSPS) is 11.0. The van der Waals surface area contributed by atoms with Crippen molar-refractivity contribution in [3.05, 3.63) is 34.4 Å². The first-order valence-electron chi connectivity index (χ1n) is 11.0. The van der Waals surface area contributed by atoms with E-state index in [2.05, 4.69) is 6.92 Å². The number of hydrogen-bond acceptors (Lipinski definition) is 8. The lowest BCUT2D eigenvalue weighted by Crippen LogP contribution is -2.14. The first-order valence-corrected chi connectivity index (χ1v) is 11.0. The molecule has 0 saturated carbocycles. The van der Waals surface area contributed by atoms with Gasteiger partial charge in [-0.3, -0.25) is 10.1 Å². The second-order valence-electron chi connectivity index (χ2n) is 6.72. The highest BCUT2D eigenvalue weighted by molar-refractivity contribution is 5.35. The fourth-order valence-electron chi connectivity index (χ4n) is 2.50. The van der Waals surface area contributed by atoms with Crippen molar-refractivity contribution in [2.75, 3.05) is 72.7 Å². The van der Waals surface area contributed by atoms with Crippen molar-refractivity contribution in [1.82, 2.24) is 0 Å². The monoisotopic (exact) mass is 443 g/mol. The van der Waals surface area contributed by atoms with Crippen LogP contribution in [0.4, 0.5) is 5.69 Å². The predicted octanol–water partition coefficient (Wildman–Crippen LogP) is 3.64. The van der Waals surface area contributed by atoms with Crippen LogP contribution in [0.25, 0.3) is 0 Å². The summed E-state index contributed by atoms with van der Waals surface area (Å²) >= 11 is 0. The minimum absolute atomic E-state index is 0.0374. The Balaban J connectivity index is 1.75. The Morgan fingerprint density at radius 3 is 1.55 bits per heavy atom. The highest BCUT2D eigenvalue weighted by atomic mass is 16.6. The van der Waals surface area contributed by atoms with Gasteiger partial charge < -0.3 is 28.4 Å². The maximum absolute atomic E-state index is 10.6. The summed E-state index contributed by atoms with van der Waals surface area (Å²) in [6.45, 7) is 8.07. The molecule has 1 aromatic rings. The summed E-state index contributed by atoms with van der Waals surface area (Å²) in [4.78, 5) is 10.1.